The molecule has 0 bridgehead atoms. The fourth-order valence-electron chi connectivity index (χ4n) is 2.46. The molecular weight excluding hydrogens is 338 g/mol. The number of hydrogen-bond donors (Lipinski definition) is 1. The quantitative estimate of drug-likeness (QED) is 0.779. The van der Waals surface area contributed by atoms with Crippen molar-refractivity contribution in [1.29, 1.82) is 0 Å². The highest BCUT2D eigenvalue weighted by Crippen LogP contribution is 2.20. The molecule has 0 saturated carbocycles. The first-order valence-corrected chi connectivity index (χ1v) is 9.93. The summed E-state index contributed by atoms with van der Waals surface area (Å²) in [7, 11) is -3.48. The van der Waals surface area contributed by atoms with E-state index in [9.17, 15) is 13.2 Å². The molecule has 0 atom stereocenters. The van der Waals surface area contributed by atoms with Gasteiger partial charge in [-0.1, -0.05) is 31.2 Å². The van der Waals surface area contributed by atoms with Crippen LogP contribution in [0.15, 0.2) is 53.4 Å². The molecule has 0 heterocycles. The summed E-state index contributed by atoms with van der Waals surface area (Å²) in [4.78, 5) is 12.7. The van der Waals surface area contributed by atoms with Crippen molar-refractivity contribution >= 4 is 21.4 Å². The van der Waals surface area contributed by atoms with Gasteiger partial charge in [0.15, 0.2) is 9.84 Å². The van der Waals surface area contributed by atoms with E-state index in [4.69, 9.17) is 4.74 Å². The second kappa shape index (κ2) is 8.78. The van der Waals surface area contributed by atoms with Crippen molar-refractivity contribution in [3.8, 4) is 0 Å². The van der Waals surface area contributed by atoms with Gasteiger partial charge in [-0.2, -0.15) is 0 Å². The Bertz CT molecular complexity index is 831. The van der Waals surface area contributed by atoms with Crippen LogP contribution in [0.1, 0.15) is 36.2 Å². The van der Waals surface area contributed by atoms with E-state index >= 15 is 0 Å². The van der Waals surface area contributed by atoms with Gasteiger partial charge in [0.2, 0.25) is 0 Å². The lowest BCUT2D eigenvalue weighted by atomic mass is 10.2. The highest BCUT2D eigenvalue weighted by Gasteiger charge is 2.21. The second-order valence-corrected chi connectivity index (χ2v) is 7.68. The molecule has 0 saturated heterocycles. The molecule has 1 N–H and O–H groups in total. The van der Waals surface area contributed by atoms with Crippen molar-refractivity contribution in [2.45, 2.75) is 31.8 Å². The minimum absolute atomic E-state index is 0.0150. The van der Waals surface area contributed by atoms with Crippen molar-refractivity contribution in [2.75, 3.05) is 17.7 Å². The molecule has 5 nitrogen and oxygen atoms in total. The van der Waals surface area contributed by atoms with Gasteiger partial charge < -0.3 is 10.1 Å². The number of sulfone groups is 1. The van der Waals surface area contributed by atoms with E-state index in [1.807, 2.05) is 25.1 Å². The van der Waals surface area contributed by atoms with Gasteiger partial charge in [-0.25, -0.2) is 8.42 Å². The summed E-state index contributed by atoms with van der Waals surface area (Å²) in [6, 6.07) is 13.6. The smallest absolute Gasteiger partial charge is 0.256 e. The molecule has 2 rings (SSSR count). The molecule has 134 valence electrons. The van der Waals surface area contributed by atoms with Gasteiger partial charge in [0.1, 0.15) is 0 Å². The Morgan fingerprint density at radius 2 is 1.84 bits per heavy atom. The summed E-state index contributed by atoms with van der Waals surface area (Å²) in [6.07, 6.45) is 0.498. The minimum Gasteiger partial charge on any atom is -0.377 e. The van der Waals surface area contributed by atoms with E-state index in [1.165, 1.54) is 12.1 Å². The number of ether oxygens (including phenoxy) is 1. The van der Waals surface area contributed by atoms with Crippen molar-refractivity contribution in [3.05, 3.63) is 59.7 Å². The topological polar surface area (TPSA) is 72.5 Å². The van der Waals surface area contributed by atoms with E-state index in [0.29, 0.717) is 25.3 Å². The van der Waals surface area contributed by atoms with Crippen LogP contribution in [0.3, 0.4) is 0 Å². The third-order valence-corrected chi connectivity index (χ3v) is 5.57. The number of hydrogen-bond acceptors (Lipinski definition) is 4. The average molecular weight is 361 g/mol. The first-order chi connectivity index (χ1) is 12.0. The van der Waals surface area contributed by atoms with Crippen LogP contribution < -0.4 is 5.32 Å². The predicted octanol–water partition coefficient (Wildman–Crippen LogP) is 3.66. The fraction of sp³-hybridized carbons (Fsp3) is 0.316. The minimum atomic E-state index is -3.48. The zero-order valence-electron chi connectivity index (χ0n) is 14.5. The molecule has 0 aromatic heterocycles. The van der Waals surface area contributed by atoms with Crippen molar-refractivity contribution in [1.82, 2.24) is 0 Å². The maximum atomic E-state index is 12.6. The van der Waals surface area contributed by atoms with Crippen LogP contribution in [0, 0.1) is 0 Å². The molecule has 0 aliphatic carbocycles. The van der Waals surface area contributed by atoms with Crippen molar-refractivity contribution in [3.63, 3.8) is 0 Å². The highest BCUT2D eigenvalue weighted by molar-refractivity contribution is 7.91. The van der Waals surface area contributed by atoms with Crippen LogP contribution in [0.25, 0.3) is 0 Å². The number of benzene rings is 2. The number of rotatable bonds is 8. The molecule has 1 amide bonds. The van der Waals surface area contributed by atoms with Crippen LogP contribution in [-0.2, 0) is 21.2 Å². The summed E-state index contributed by atoms with van der Waals surface area (Å²) in [5, 5.41) is 2.77. The summed E-state index contributed by atoms with van der Waals surface area (Å²) in [5.74, 6) is -0.426. The molecule has 0 fully saturated rings. The summed E-state index contributed by atoms with van der Waals surface area (Å²) in [6.45, 7) is 4.78. The van der Waals surface area contributed by atoms with E-state index in [2.05, 4.69) is 5.32 Å². The first-order valence-electron chi connectivity index (χ1n) is 8.27. The Kier molecular flexibility index (Phi) is 6.73. The molecule has 0 spiro atoms. The van der Waals surface area contributed by atoms with E-state index in [-0.39, 0.29) is 16.2 Å². The first kappa shape index (κ1) is 19.1. The third kappa shape index (κ3) is 5.14. The lowest BCUT2D eigenvalue weighted by Crippen LogP contribution is -2.17. The van der Waals surface area contributed by atoms with E-state index in [0.717, 1.165) is 5.56 Å². The molecule has 2 aromatic carbocycles. The molecule has 25 heavy (non-hydrogen) atoms. The van der Waals surface area contributed by atoms with Crippen molar-refractivity contribution in [2.24, 2.45) is 0 Å². The van der Waals surface area contributed by atoms with Gasteiger partial charge in [0.05, 0.1) is 22.8 Å². The van der Waals surface area contributed by atoms with Crippen LogP contribution in [0.5, 0.6) is 0 Å². The highest BCUT2D eigenvalue weighted by atomic mass is 32.2. The van der Waals surface area contributed by atoms with Gasteiger partial charge in [-0.15, -0.1) is 0 Å². The van der Waals surface area contributed by atoms with Gasteiger partial charge in [-0.3, -0.25) is 4.79 Å². The lowest BCUT2D eigenvalue weighted by Gasteiger charge is -2.11. The number of nitrogens with one attached hydrogen (secondary N) is 1. The van der Waals surface area contributed by atoms with Gasteiger partial charge in [0.25, 0.3) is 5.91 Å². The largest absolute Gasteiger partial charge is 0.377 e. The van der Waals surface area contributed by atoms with Gasteiger partial charge >= 0.3 is 0 Å². The zero-order valence-corrected chi connectivity index (χ0v) is 15.3. The maximum absolute atomic E-state index is 12.6. The molecule has 0 radical (unpaired) electrons. The molecule has 0 aliphatic heterocycles. The number of carbonyl (C=O) groups excluding carboxylic acids is 1. The molecule has 0 aliphatic rings. The standard InChI is InChI=1S/C19H23NO4S/c1-3-12-25(22,23)18-11-6-5-10-17(18)19(21)20-16-9-7-8-15(13-16)14-24-4-2/h5-11,13H,3-4,12,14H2,1-2H3,(H,20,21). The van der Waals surface area contributed by atoms with E-state index in [1.54, 1.807) is 25.1 Å². The Labute approximate surface area is 148 Å². The van der Waals surface area contributed by atoms with Crippen LogP contribution in [-0.4, -0.2) is 26.7 Å². The maximum Gasteiger partial charge on any atom is 0.256 e. The Balaban J connectivity index is 2.25. The summed E-state index contributed by atoms with van der Waals surface area (Å²) < 4.78 is 30.1. The number of carbonyl (C=O) groups is 1. The van der Waals surface area contributed by atoms with E-state index < -0.39 is 15.7 Å². The van der Waals surface area contributed by atoms with Gasteiger partial charge in [0, 0.05) is 12.3 Å². The molecule has 6 heteroatoms. The summed E-state index contributed by atoms with van der Waals surface area (Å²) in [5.41, 5.74) is 1.70. The fourth-order valence-corrected chi connectivity index (χ4v) is 4.00. The Morgan fingerprint density at radius 3 is 2.56 bits per heavy atom. The predicted molar refractivity (Wildman–Crippen MR) is 98.5 cm³/mol. The van der Waals surface area contributed by atoms with Crippen molar-refractivity contribution < 1.29 is 17.9 Å². The molecule has 0 unspecified atom stereocenters. The number of anilines is 1. The monoisotopic (exact) mass is 361 g/mol. The SMILES string of the molecule is CCCS(=O)(=O)c1ccccc1C(=O)Nc1cccc(COCC)c1. The van der Waals surface area contributed by atoms with Gasteiger partial charge in [-0.05, 0) is 43.2 Å². The Morgan fingerprint density at radius 1 is 1.08 bits per heavy atom. The second-order valence-electron chi connectivity index (χ2n) is 5.61. The zero-order chi connectivity index (χ0) is 18.3. The van der Waals surface area contributed by atoms with Crippen LogP contribution in [0.2, 0.25) is 0 Å². The lowest BCUT2D eigenvalue weighted by molar-refractivity contribution is 0.102. The molecule has 2 aromatic rings. The summed E-state index contributed by atoms with van der Waals surface area (Å²) >= 11 is 0. The third-order valence-electron chi connectivity index (χ3n) is 3.60. The average Bonchev–Trinajstić information content (AvgIpc) is 2.60. The Hall–Kier alpha value is -2.18. The number of amides is 1. The molecular formula is C19H23NO4S. The van der Waals surface area contributed by atoms with Crippen LogP contribution in [0.4, 0.5) is 5.69 Å². The van der Waals surface area contributed by atoms with Crippen LogP contribution >= 0.6 is 0 Å². The normalized spacial score (nSPS) is 11.3.